The van der Waals surface area contributed by atoms with Gasteiger partial charge in [0.2, 0.25) is 0 Å². The molecule has 0 aliphatic rings. The molecule has 8 heteroatoms. The molecule has 0 aliphatic heterocycles. The quantitative estimate of drug-likeness (QED) is 0.680. The number of ether oxygens (including phenoxy) is 1. The zero-order valence-electron chi connectivity index (χ0n) is 13.7. The fourth-order valence-corrected chi connectivity index (χ4v) is 4.18. The van der Waals surface area contributed by atoms with Gasteiger partial charge in [0.1, 0.15) is 10.6 Å². The normalized spacial score (nSPS) is 11.1. The molecule has 0 bridgehead atoms. The van der Waals surface area contributed by atoms with Crippen LogP contribution in [0.5, 0.6) is 5.75 Å². The maximum Gasteiger partial charge on any atom is 0.265 e. The molecule has 0 saturated carbocycles. The smallest absolute Gasteiger partial charge is 0.265 e. The number of anilines is 3. The van der Waals surface area contributed by atoms with E-state index in [4.69, 9.17) is 4.74 Å². The standard InChI is InChI=1S/C17H17N3O3S2/c1-12-11-24-17(18-12)19-13-6-5-7-14(10-13)20-25(21,22)16-9-4-3-8-15(16)23-2/h3-11,20H,1-2H3,(H,18,19). The number of nitrogens with zero attached hydrogens (tertiary/aromatic N) is 1. The Hall–Kier alpha value is -2.58. The molecule has 0 amide bonds. The molecular weight excluding hydrogens is 358 g/mol. The number of aryl methyl sites for hydroxylation is 1. The molecule has 3 aromatic rings. The number of rotatable bonds is 6. The van der Waals surface area contributed by atoms with Gasteiger partial charge in [-0.25, -0.2) is 13.4 Å². The van der Waals surface area contributed by atoms with Gasteiger partial charge in [-0.05, 0) is 37.3 Å². The summed E-state index contributed by atoms with van der Waals surface area (Å²) in [6.45, 7) is 1.92. The predicted octanol–water partition coefficient (Wildman–Crippen LogP) is 4.00. The van der Waals surface area contributed by atoms with Gasteiger partial charge in [0.05, 0.1) is 18.5 Å². The zero-order valence-corrected chi connectivity index (χ0v) is 15.3. The van der Waals surface area contributed by atoms with Crippen molar-refractivity contribution in [1.29, 1.82) is 0 Å². The molecule has 2 aromatic carbocycles. The first-order chi connectivity index (χ1) is 12.0. The van der Waals surface area contributed by atoms with E-state index in [1.807, 2.05) is 18.4 Å². The average molecular weight is 375 g/mol. The summed E-state index contributed by atoms with van der Waals surface area (Å²) in [4.78, 5) is 4.42. The Morgan fingerprint density at radius 3 is 2.56 bits per heavy atom. The van der Waals surface area contributed by atoms with Crippen LogP contribution in [0.15, 0.2) is 58.8 Å². The summed E-state index contributed by atoms with van der Waals surface area (Å²) in [5.74, 6) is 0.294. The molecule has 2 N–H and O–H groups in total. The summed E-state index contributed by atoms with van der Waals surface area (Å²) in [6, 6.07) is 13.5. The van der Waals surface area contributed by atoms with Crippen molar-refractivity contribution in [3.05, 3.63) is 59.6 Å². The molecule has 1 heterocycles. The number of thiazole rings is 1. The number of methoxy groups -OCH3 is 1. The molecule has 0 aliphatic carbocycles. The van der Waals surface area contributed by atoms with Gasteiger partial charge in [-0.1, -0.05) is 18.2 Å². The summed E-state index contributed by atoms with van der Waals surface area (Å²) in [7, 11) is -2.32. The number of sulfonamides is 1. The van der Waals surface area contributed by atoms with Gasteiger partial charge in [0.15, 0.2) is 5.13 Å². The highest BCUT2D eigenvalue weighted by Crippen LogP contribution is 2.27. The highest BCUT2D eigenvalue weighted by atomic mass is 32.2. The minimum atomic E-state index is -3.76. The Balaban J connectivity index is 1.84. The van der Waals surface area contributed by atoms with E-state index in [-0.39, 0.29) is 4.90 Å². The number of nitrogens with one attached hydrogen (secondary N) is 2. The van der Waals surface area contributed by atoms with E-state index in [1.54, 1.807) is 36.4 Å². The van der Waals surface area contributed by atoms with E-state index in [2.05, 4.69) is 15.0 Å². The van der Waals surface area contributed by atoms with Crippen molar-refractivity contribution in [2.24, 2.45) is 0 Å². The maximum atomic E-state index is 12.6. The van der Waals surface area contributed by atoms with E-state index in [1.165, 1.54) is 24.5 Å². The van der Waals surface area contributed by atoms with Gasteiger partial charge in [-0.2, -0.15) is 0 Å². The second-order valence-electron chi connectivity index (χ2n) is 5.26. The van der Waals surface area contributed by atoms with Crippen LogP contribution >= 0.6 is 11.3 Å². The van der Waals surface area contributed by atoms with Crippen molar-refractivity contribution in [3.63, 3.8) is 0 Å². The van der Waals surface area contributed by atoms with Crippen molar-refractivity contribution >= 4 is 37.9 Å². The van der Waals surface area contributed by atoms with Crippen molar-refractivity contribution in [2.45, 2.75) is 11.8 Å². The Morgan fingerprint density at radius 2 is 1.84 bits per heavy atom. The predicted molar refractivity (Wildman–Crippen MR) is 100 cm³/mol. The van der Waals surface area contributed by atoms with Crippen LogP contribution in [0.2, 0.25) is 0 Å². The number of benzene rings is 2. The van der Waals surface area contributed by atoms with Crippen molar-refractivity contribution in [1.82, 2.24) is 4.98 Å². The highest BCUT2D eigenvalue weighted by Gasteiger charge is 2.19. The van der Waals surface area contributed by atoms with Crippen molar-refractivity contribution in [3.8, 4) is 5.75 Å². The Kier molecular flexibility index (Phi) is 4.91. The molecule has 0 radical (unpaired) electrons. The third-order valence-corrected chi connectivity index (χ3v) is 5.64. The first kappa shape index (κ1) is 17.2. The first-order valence-corrected chi connectivity index (χ1v) is 9.79. The lowest BCUT2D eigenvalue weighted by Gasteiger charge is -2.12. The lowest BCUT2D eigenvalue weighted by atomic mass is 10.3. The van der Waals surface area contributed by atoms with Crippen LogP contribution in [0.25, 0.3) is 0 Å². The van der Waals surface area contributed by atoms with Gasteiger partial charge in [-0.15, -0.1) is 11.3 Å². The van der Waals surface area contributed by atoms with E-state index in [0.29, 0.717) is 11.4 Å². The van der Waals surface area contributed by atoms with Crippen LogP contribution in [-0.4, -0.2) is 20.5 Å². The van der Waals surface area contributed by atoms with Crippen LogP contribution in [0.4, 0.5) is 16.5 Å². The minimum absolute atomic E-state index is 0.0893. The van der Waals surface area contributed by atoms with Crippen molar-refractivity contribution in [2.75, 3.05) is 17.1 Å². The SMILES string of the molecule is COc1ccccc1S(=O)(=O)Nc1cccc(Nc2nc(C)cs2)c1. The summed E-state index contributed by atoms with van der Waals surface area (Å²) in [5.41, 5.74) is 2.12. The molecule has 25 heavy (non-hydrogen) atoms. The first-order valence-electron chi connectivity index (χ1n) is 7.43. The summed E-state index contributed by atoms with van der Waals surface area (Å²) in [6.07, 6.45) is 0. The molecule has 0 unspecified atom stereocenters. The number of para-hydroxylation sites is 1. The van der Waals surface area contributed by atoms with E-state index >= 15 is 0 Å². The minimum Gasteiger partial charge on any atom is -0.495 e. The Bertz CT molecular complexity index is 984. The van der Waals surface area contributed by atoms with Gasteiger partial charge >= 0.3 is 0 Å². The monoisotopic (exact) mass is 375 g/mol. The summed E-state index contributed by atoms with van der Waals surface area (Å²) >= 11 is 1.49. The fourth-order valence-electron chi connectivity index (χ4n) is 2.25. The third-order valence-electron chi connectivity index (χ3n) is 3.34. The van der Waals surface area contributed by atoms with Crippen LogP contribution in [0.1, 0.15) is 5.69 Å². The summed E-state index contributed by atoms with van der Waals surface area (Å²) < 4.78 is 33.0. The molecule has 0 spiro atoms. The highest BCUT2D eigenvalue weighted by molar-refractivity contribution is 7.92. The van der Waals surface area contributed by atoms with E-state index in [0.717, 1.165) is 16.5 Å². The third kappa shape index (κ3) is 4.09. The van der Waals surface area contributed by atoms with Crippen LogP contribution in [0, 0.1) is 6.92 Å². The van der Waals surface area contributed by atoms with E-state index in [9.17, 15) is 8.42 Å². The number of hydrogen-bond donors (Lipinski definition) is 2. The topological polar surface area (TPSA) is 80.3 Å². The molecule has 1 aromatic heterocycles. The Morgan fingerprint density at radius 1 is 1.08 bits per heavy atom. The molecular formula is C17H17N3O3S2. The number of aromatic nitrogens is 1. The van der Waals surface area contributed by atoms with Gasteiger partial charge in [-0.3, -0.25) is 4.72 Å². The zero-order chi connectivity index (χ0) is 17.9. The van der Waals surface area contributed by atoms with E-state index < -0.39 is 10.0 Å². The number of hydrogen-bond acceptors (Lipinski definition) is 6. The lowest BCUT2D eigenvalue weighted by molar-refractivity contribution is 0.403. The van der Waals surface area contributed by atoms with Gasteiger partial charge in [0.25, 0.3) is 10.0 Å². The van der Waals surface area contributed by atoms with Crippen LogP contribution < -0.4 is 14.8 Å². The van der Waals surface area contributed by atoms with Crippen LogP contribution in [0.3, 0.4) is 0 Å². The molecule has 3 rings (SSSR count). The average Bonchev–Trinajstić information content (AvgIpc) is 2.99. The van der Waals surface area contributed by atoms with Crippen LogP contribution in [-0.2, 0) is 10.0 Å². The molecule has 6 nitrogen and oxygen atoms in total. The van der Waals surface area contributed by atoms with Gasteiger partial charge < -0.3 is 10.1 Å². The molecule has 0 fully saturated rings. The second kappa shape index (κ2) is 7.12. The maximum absolute atomic E-state index is 12.6. The Labute approximate surface area is 150 Å². The second-order valence-corrected chi connectivity index (χ2v) is 7.77. The largest absolute Gasteiger partial charge is 0.495 e. The fraction of sp³-hybridized carbons (Fsp3) is 0.118. The molecule has 130 valence electrons. The summed E-state index contributed by atoms with van der Waals surface area (Å²) in [5, 5.41) is 5.85. The lowest BCUT2D eigenvalue weighted by Crippen LogP contribution is -2.14. The molecule has 0 saturated heterocycles. The van der Waals surface area contributed by atoms with Crippen molar-refractivity contribution < 1.29 is 13.2 Å². The van der Waals surface area contributed by atoms with Gasteiger partial charge in [0, 0.05) is 11.1 Å². The molecule has 0 atom stereocenters.